The molecule has 0 aliphatic carbocycles. The van der Waals surface area contributed by atoms with Crippen LogP contribution in [0.4, 0.5) is 0 Å². The maximum absolute atomic E-state index is 10.7. The zero-order valence-corrected chi connectivity index (χ0v) is 10.6. The normalized spacial score (nSPS) is 12.1. The van der Waals surface area contributed by atoms with Crippen molar-refractivity contribution in [3.05, 3.63) is 63.9 Å². The third-order valence-electron chi connectivity index (χ3n) is 2.37. The predicted molar refractivity (Wildman–Crippen MR) is 70.8 cm³/mol. The fourth-order valence-corrected chi connectivity index (χ4v) is 1.48. The van der Waals surface area contributed by atoms with Crippen LogP contribution in [0.25, 0.3) is 5.70 Å². The molecule has 100 valence electrons. The number of carbonyl (C=O) groups is 1. The topological polar surface area (TPSA) is 83.7 Å². The van der Waals surface area contributed by atoms with Crippen LogP contribution in [0.3, 0.4) is 0 Å². The van der Waals surface area contributed by atoms with Gasteiger partial charge in [0.25, 0.3) is 0 Å². The Morgan fingerprint density at radius 2 is 1.84 bits per heavy atom. The summed E-state index contributed by atoms with van der Waals surface area (Å²) in [6.45, 7) is 0. The molecule has 0 aromatic heterocycles. The maximum atomic E-state index is 10.7. The lowest BCUT2D eigenvalue weighted by Crippen LogP contribution is -2.12. The average molecular weight is 262 g/mol. The van der Waals surface area contributed by atoms with Crippen molar-refractivity contribution in [3.8, 4) is 0 Å². The van der Waals surface area contributed by atoms with Gasteiger partial charge < -0.3 is 10.0 Å². The maximum Gasteiger partial charge on any atom is 0.407 e. The van der Waals surface area contributed by atoms with E-state index in [0.717, 1.165) is 11.6 Å². The highest BCUT2D eigenvalue weighted by Crippen LogP contribution is 2.16. The molecule has 1 rings (SSSR count). The van der Waals surface area contributed by atoms with Gasteiger partial charge in [0.15, 0.2) is 0 Å². The lowest BCUT2D eigenvalue weighted by Gasteiger charge is -2.16. The van der Waals surface area contributed by atoms with Crippen LogP contribution in [0, 0.1) is 10.1 Å². The Bertz CT molecular complexity index is 517. The van der Waals surface area contributed by atoms with Crippen molar-refractivity contribution in [1.29, 1.82) is 0 Å². The Morgan fingerprint density at radius 3 is 2.26 bits per heavy atom. The highest BCUT2D eigenvalue weighted by atomic mass is 16.6. The fourth-order valence-electron chi connectivity index (χ4n) is 1.48. The molecule has 1 N–H and O–H groups in total. The van der Waals surface area contributed by atoms with E-state index < -0.39 is 16.6 Å². The van der Waals surface area contributed by atoms with Crippen LogP contribution in [0.2, 0.25) is 0 Å². The Balaban J connectivity index is 3.21. The van der Waals surface area contributed by atoms with Crippen molar-refractivity contribution < 1.29 is 14.8 Å². The molecule has 0 radical (unpaired) electrons. The predicted octanol–water partition coefficient (Wildman–Crippen LogP) is 1.83. The Hall–Kier alpha value is -2.63. The SMILES string of the molecule is CN(C)C(=CC=C(C(=O)O)[N+](=O)[O-])c1ccccc1. The lowest BCUT2D eigenvalue weighted by molar-refractivity contribution is -0.420. The van der Waals surface area contributed by atoms with Gasteiger partial charge in [-0.2, -0.15) is 0 Å². The highest BCUT2D eigenvalue weighted by Gasteiger charge is 2.19. The molecule has 19 heavy (non-hydrogen) atoms. The molecule has 0 saturated carbocycles. The summed E-state index contributed by atoms with van der Waals surface area (Å²) in [5, 5.41) is 19.3. The summed E-state index contributed by atoms with van der Waals surface area (Å²) >= 11 is 0. The van der Waals surface area contributed by atoms with E-state index in [4.69, 9.17) is 5.11 Å². The van der Waals surface area contributed by atoms with Gasteiger partial charge in [-0.05, 0) is 11.6 Å². The third kappa shape index (κ3) is 3.95. The molecular formula is C13H14N2O4. The van der Waals surface area contributed by atoms with E-state index in [9.17, 15) is 14.9 Å². The summed E-state index contributed by atoms with van der Waals surface area (Å²) < 4.78 is 0. The molecule has 6 heteroatoms. The summed E-state index contributed by atoms with van der Waals surface area (Å²) in [6, 6.07) is 9.20. The van der Waals surface area contributed by atoms with Crippen LogP contribution in [-0.2, 0) is 4.79 Å². The molecule has 0 spiro atoms. The number of hydrogen-bond donors (Lipinski definition) is 1. The molecule has 1 aromatic rings. The molecule has 0 aliphatic rings. The summed E-state index contributed by atoms with van der Waals surface area (Å²) in [7, 11) is 3.55. The average Bonchev–Trinajstić information content (AvgIpc) is 2.34. The molecule has 6 nitrogen and oxygen atoms in total. The molecule has 1 aromatic carbocycles. The molecular weight excluding hydrogens is 248 g/mol. The van der Waals surface area contributed by atoms with E-state index in [1.807, 2.05) is 30.3 Å². The van der Waals surface area contributed by atoms with Crippen LogP contribution < -0.4 is 0 Å². The Morgan fingerprint density at radius 1 is 1.26 bits per heavy atom. The molecule has 0 unspecified atom stereocenters. The van der Waals surface area contributed by atoms with Crippen LogP contribution in [-0.4, -0.2) is 35.0 Å². The van der Waals surface area contributed by atoms with Crippen LogP contribution in [0.5, 0.6) is 0 Å². The van der Waals surface area contributed by atoms with Gasteiger partial charge in [-0.1, -0.05) is 30.3 Å². The van der Waals surface area contributed by atoms with Gasteiger partial charge in [0, 0.05) is 25.9 Å². The van der Waals surface area contributed by atoms with Crippen molar-refractivity contribution in [3.63, 3.8) is 0 Å². The molecule has 0 bridgehead atoms. The van der Waals surface area contributed by atoms with Gasteiger partial charge in [0.05, 0.1) is 4.92 Å². The first kappa shape index (κ1) is 14.4. The van der Waals surface area contributed by atoms with Crippen LogP contribution in [0.1, 0.15) is 5.56 Å². The summed E-state index contributed by atoms with van der Waals surface area (Å²) in [5.41, 5.74) is 0.660. The molecule has 0 heterocycles. The van der Waals surface area contributed by atoms with Gasteiger partial charge >= 0.3 is 11.7 Å². The van der Waals surface area contributed by atoms with Crippen molar-refractivity contribution in [1.82, 2.24) is 4.90 Å². The third-order valence-corrected chi connectivity index (χ3v) is 2.37. The van der Waals surface area contributed by atoms with E-state index >= 15 is 0 Å². The summed E-state index contributed by atoms with van der Waals surface area (Å²) in [6.07, 6.45) is 2.41. The standard InChI is InChI=1S/C13H14N2O4/c1-14(2)11(10-6-4-3-5-7-10)8-9-12(13(16)17)15(18)19/h3-9H,1-2H3,(H,16,17). The van der Waals surface area contributed by atoms with Crippen molar-refractivity contribution >= 4 is 11.7 Å². The zero-order chi connectivity index (χ0) is 14.4. The van der Waals surface area contributed by atoms with E-state index in [-0.39, 0.29) is 0 Å². The highest BCUT2D eigenvalue weighted by molar-refractivity contribution is 5.84. The van der Waals surface area contributed by atoms with Gasteiger partial charge in [0.2, 0.25) is 0 Å². The first-order valence-corrected chi connectivity index (χ1v) is 5.46. The number of benzene rings is 1. The molecule has 0 amide bonds. The number of nitro groups is 1. The van der Waals surface area contributed by atoms with Gasteiger partial charge in [0.1, 0.15) is 0 Å². The molecule has 0 atom stereocenters. The largest absolute Gasteiger partial charge is 0.473 e. The molecule has 0 saturated heterocycles. The lowest BCUT2D eigenvalue weighted by atomic mass is 10.1. The number of allylic oxidation sites excluding steroid dienone is 2. The van der Waals surface area contributed by atoms with E-state index in [2.05, 4.69) is 0 Å². The van der Waals surface area contributed by atoms with Gasteiger partial charge in [-0.15, -0.1) is 0 Å². The van der Waals surface area contributed by atoms with Crippen molar-refractivity contribution in [2.75, 3.05) is 14.1 Å². The van der Waals surface area contributed by atoms with Crippen LogP contribution >= 0.6 is 0 Å². The number of hydrogen-bond acceptors (Lipinski definition) is 4. The monoisotopic (exact) mass is 262 g/mol. The Labute approximate surface area is 110 Å². The number of nitrogens with zero attached hydrogens (tertiary/aromatic N) is 2. The number of carboxylic acid groups (broad SMARTS) is 1. The smallest absolute Gasteiger partial charge is 0.407 e. The molecule has 0 fully saturated rings. The summed E-state index contributed by atoms with van der Waals surface area (Å²) in [5.74, 6) is -1.56. The minimum absolute atomic E-state index is 0.682. The first-order valence-electron chi connectivity index (χ1n) is 5.46. The van der Waals surface area contributed by atoms with Gasteiger partial charge in [-0.3, -0.25) is 10.1 Å². The van der Waals surface area contributed by atoms with E-state index in [1.165, 1.54) is 6.08 Å². The minimum atomic E-state index is -1.56. The minimum Gasteiger partial charge on any atom is -0.473 e. The summed E-state index contributed by atoms with van der Waals surface area (Å²) in [4.78, 5) is 22.1. The second-order valence-electron chi connectivity index (χ2n) is 3.93. The van der Waals surface area contributed by atoms with E-state index in [0.29, 0.717) is 5.70 Å². The fraction of sp³-hybridized carbons (Fsp3) is 0.154. The van der Waals surface area contributed by atoms with Crippen molar-refractivity contribution in [2.24, 2.45) is 0 Å². The second kappa shape index (κ2) is 6.34. The molecule has 0 aliphatic heterocycles. The number of carboxylic acids is 1. The van der Waals surface area contributed by atoms with Crippen molar-refractivity contribution in [2.45, 2.75) is 0 Å². The second-order valence-corrected chi connectivity index (χ2v) is 3.93. The van der Waals surface area contributed by atoms with Crippen LogP contribution in [0.15, 0.2) is 48.2 Å². The number of aliphatic carboxylic acids is 1. The number of rotatable bonds is 5. The first-order chi connectivity index (χ1) is 8.93. The Kier molecular flexibility index (Phi) is 4.82. The quantitative estimate of drug-likeness (QED) is 0.379. The van der Waals surface area contributed by atoms with Gasteiger partial charge in [-0.25, -0.2) is 4.79 Å². The van der Waals surface area contributed by atoms with E-state index in [1.54, 1.807) is 19.0 Å². The zero-order valence-electron chi connectivity index (χ0n) is 10.6.